The van der Waals surface area contributed by atoms with Crippen LogP contribution in [0.25, 0.3) is 0 Å². The topological polar surface area (TPSA) is 26.3 Å². The molecule has 0 fully saturated rings. The molecule has 2 nitrogen and oxygen atoms in total. The summed E-state index contributed by atoms with van der Waals surface area (Å²) in [4.78, 5) is 9.59. The van der Waals surface area contributed by atoms with Gasteiger partial charge in [0, 0.05) is 6.61 Å². The fourth-order valence-electron chi connectivity index (χ4n) is 0.335. The molecule has 47 valence electrons. The Morgan fingerprint density at radius 2 is 2.38 bits per heavy atom. The highest BCUT2D eigenvalue weighted by atomic mass is 16.5. The minimum atomic E-state index is 0.648. The third kappa shape index (κ3) is 5.63. The molecule has 0 spiro atoms. The Morgan fingerprint density at radius 3 is 2.88 bits per heavy atom. The van der Waals surface area contributed by atoms with E-state index in [1.807, 2.05) is 0 Å². The van der Waals surface area contributed by atoms with Crippen LogP contribution in [0.3, 0.4) is 0 Å². The van der Waals surface area contributed by atoms with Crippen molar-refractivity contribution in [2.24, 2.45) is 0 Å². The lowest BCUT2D eigenvalue weighted by Gasteiger charge is -1.93. The SMILES string of the molecule is CCCCO[CH]C=O. The third-order valence-corrected chi connectivity index (χ3v) is 0.768. The maximum Gasteiger partial charge on any atom is 0.151 e. The summed E-state index contributed by atoms with van der Waals surface area (Å²) in [6.07, 6.45) is 2.77. The van der Waals surface area contributed by atoms with Gasteiger partial charge in [-0.3, -0.25) is 0 Å². The van der Waals surface area contributed by atoms with E-state index in [-0.39, 0.29) is 0 Å². The zero-order valence-corrected chi connectivity index (χ0v) is 5.09. The van der Waals surface area contributed by atoms with Crippen molar-refractivity contribution in [2.45, 2.75) is 19.8 Å². The molecule has 0 aromatic carbocycles. The second-order valence-electron chi connectivity index (χ2n) is 1.50. The molecule has 0 amide bonds. The largest absolute Gasteiger partial charge is 0.368 e. The Bertz CT molecular complexity index is 52.5. The van der Waals surface area contributed by atoms with Crippen LogP contribution >= 0.6 is 0 Å². The van der Waals surface area contributed by atoms with Crippen LogP contribution in [0.5, 0.6) is 0 Å². The molecule has 1 radical (unpaired) electrons. The molecular formula is C6H11O2. The molecule has 0 N–H and O–H groups in total. The average Bonchev–Trinajstić information content (AvgIpc) is 1.81. The number of carbonyl (C=O) groups is 1. The normalized spacial score (nSPS) is 9.12. The van der Waals surface area contributed by atoms with E-state index in [0.29, 0.717) is 12.9 Å². The molecule has 0 aromatic rings. The van der Waals surface area contributed by atoms with Crippen LogP contribution in [0.1, 0.15) is 19.8 Å². The summed E-state index contributed by atoms with van der Waals surface area (Å²) in [6, 6.07) is 0. The number of carbonyl (C=O) groups excluding carboxylic acids is 1. The van der Waals surface area contributed by atoms with Gasteiger partial charge < -0.3 is 9.53 Å². The van der Waals surface area contributed by atoms with Crippen LogP contribution in [0.2, 0.25) is 0 Å². The van der Waals surface area contributed by atoms with E-state index < -0.39 is 0 Å². The maximum absolute atomic E-state index is 9.59. The zero-order valence-electron chi connectivity index (χ0n) is 5.09. The second kappa shape index (κ2) is 6.63. The van der Waals surface area contributed by atoms with Gasteiger partial charge in [0.25, 0.3) is 0 Å². The molecule has 0 saturated carbocycles. The number of aldehydes is 1. The van der Waals surface area contributed by atoms with Crippen LogP contribution in [-0.4, -0.2) is 12.9 Å². The highest BCUT2D eigenvalue weighted by Crippen LogP contribution is 1.87. The van der Waals surface area contributed by atoms with E-state index in [0.717, 1.165) is 12.8 Å². The van der Waals surface area contributed by atoms with Gasteiger partial charge in [-0.25, -0.2) is 0 Å². The van der Waals surface area contributed by atoms with Crippen molar-refractivity contribution in [2.75, 3.05) is 6.61 Å². The first-order chi connectivity index (χ1) is 3.91. The lowest BCUT2D eigenvalue weighted by Crippen LogP contribution is -1.90. The summed E-state index contributed by atoms with van der Waals surface area (Å²) in [5.41, 5.74) is 0. The Balaban J connectivity index is 2.62. The van der Waals surface area contributed by atoms with Gasteiger partial charge in [-0.05, 0) is 6.42 Å². The van der Waals surface area contributed by atoms with Crippen LogP contribution in [0.15, 0.2) is 0 Å². The standard InChI is InChI=1S/C6H11O2/c1-2-3-5-8-6-4-7/h4,6H,2-3,5H2,1H3. The van der Waals surface area contributed by atoms with Crippen LogP contribution in [0, 0.1) is 6.61 Å². The van der Waals surface area contributed by atoms with Crippen molar-refractivity contribution < 1.29 is 9.53 Å². The molecule has 0 heterocycles. The average molecular weight is 115 g/mol. The third-order valence-electron chi connectivity index (χ3n) is 0.768. The molecular weight excluding hydrogens is 104 g/mol. The molecule has 0 atom stereocenters. The number of unbranched alkanes of at least 4 members (excludes halogenated alkanes) is 1. The summed E-state index contributed by atoms with van der Waals surface area (Å²) in [5, 5.41) is 0. The first-order valence-corrected chi connectivity index (χ1v) is 2.80. The molecule has 0 aromatic heterocycles. The second-order valence-corrected chi connectivity index (χ2v) is 1.50. The van der Waals surface area contributed by atoms with E-state index >= 15 is 0 Å². The molecule has 8 heavy (non-hydrogen) atoms. The van der Waals surface area contributed by atoms with E-state index in [1.54, 1.807) is 0 Å². The molecule has 0 rings (SSSR count). The summed E-state index contributed by atoms with van der Waals surface area (Å²) < 4.78 is 4.73. The van der Waals surface area contributed by atoms with Gasteiger partial charge in [-0.1, -0.05) is 13.3 Å². The van der Waals surface area contributed by atoms with E-state index in [2.05, 4.69) is 6.92 Å². The van der Waals surface area contributed by atoms with Crippen LogP contribution in [-0.2, 0) is 9.53 Å². The number of hydrogen-bond acceptors (Lipinski definition) is 2. The smallest absolute Gasteiger partial charge is 0.151 e. The highest BCUT2D eigenvalue weighted by Gasteiger charge is 1.82. The van der Waals surface area contributed by atoms with Gasteiger partial charge in [-0.2, -0.15) is 0 Å². The molecule has 0 aliphatic heterocycles. The van der Waals surface area contributed by atoms with Gasteiger partial charge in [0.15, 0.2) is 6.29 Å². The molecule has 2 heteroatoms. The summed E-state index contributed by atoms with van der Waals surface area (Å²) in [7, 11) is 0. The van der Waals surface area contributed by atoms with Crippen molar-refractivity contribution in [3.8, 4) is 0 Å². The van der Waals surface area contributed by atoms with Crippen LogP contribution in [0.4, 0.5) is 0 Å². The lowest BCUT2D eigenvalue weighted by atomic mass is 10.4. The minimum Gasteiger partial charge on any atom is -0.368 e. The molecule has 0 bridgehead atoms. The molecule has 0 unspecified atom stereocenters. The Morgan fingerprint density at radius 1 is 1.62 bits per heavy atom. The Kier molecular flexibility index (Phi) is 6.32. The maximum atomic E-state index is 9.59. The van der Waals surface area contributed by atoms with Crippen molar-refractivity contribution in [3.63, 3.8) is 0 Å². The summed E-state index contributed by atoms with van der Waals surface area (Å²) in [5.74, 6) is 0. The summed E-state index contributed by atoms with van der Waals surface area (Å²) in [6.45, 7) is 3.91. The number of rotatable bonds is 5. The predicted molar refractivity (Wildman–Crippen MR) is 31.2 cm³/mol. The predicted octanol–water partition coefficient (Wildman–Crippen LogP) is 1.16. The van der Waals surface area contributed by atoms with Crippen molar-refractivity contribution in [3.05, 3.63) is 6.61 Å². The molecule has 0 aliphatic rings. The minimum absolute atomic E-state index is 0.648. The lowest BCUT2D eigenvalue weighted by molar-refractivity contribution is -0.108. The van der Waals surface area contributed by atoms with E-state index in [9.17, 15) is 4.79 Å². The first-order valence-electron chi connectivity index (χ1n) is 2.80. The fraction of sp³-hybridized carbons (Fsp3) is 0.667. The number of ether oxygens (including phenoxy) is 1. The fourth-order valence-corrected chi connectivity index (χ4v) is 0.335. The van der Waals surface area contributed by atoms with Gasteiger partial charge in [-0.15, -0.1) is 0 Å². The van der Waals surface area contributed by atoms with Crippen molar-refractivity contribution in [1.82, 2.24) is 0 Å². The zero-order chi connectivity index (χ0) is 6.24. The first kappa shape index (κ1) is 7.63. The van der Waals surface area contributed by atoms with E-state index in [1.165, 1.54) is 6.61 Å². The quantitative estimate of drug-likeness (QED) is 0.397. The highest BCUT2D eigenvalue weighted by molar-refractivity contribution is 5.58. The van der Waals surface area contributed by atoms with Gasteiger partial charge >= 0.3 is 0 Å². The molecule has 0 saturated heterocycles. The van der Waals surface area contributed by atoms with Crippen LogP contribution < -0.4 is 0 Å². The summed E-state index contributed by atoms with van der Waals surface area (Å²) >= 11 is 0. The Labute approximate surface area is 49.8 Å². The van der Waals surface area contributed by atoms with E-state index in [4.69, 9.17) is 4.74 Å². The van der Waals surface area contributed by atoms with Crippen molar-refractivity contribution >= 4 is 6.29 Å². The monoisotopic (exact) mass is 115 g/mol. The van der Waals surface area contributed by atoms with Crippen molar-refractivity contribution in [1.29, 1.82) is 0 Å². The van der Waals surface area contributed by atoms with Gasteiger partial charge in [0.2, 0.25) is 0 Å². The van der Waals surface area contributed by atoms with Gasteiger partial charge in [0.1, 0.15) is 6.61 Å². The molecule has 0 aliphatic carbocycles. The van der Waals surface area contributed by atoms with Gasteiger partial charge in [0.05, 0.1) is 0 Å². The Hall–Kier alpha value is -0.370. The number of hydrogen-bond donors (Lipinski definition) is 0.